The van der Waals surface area contributed by atoms with E-state index in [-0.39, 0.29) is 0 Å². The Balaban J connectivity index is 2.29. The highest BCUT2D eigenvalue weighted by molar-refractivity contribution is 5.94. The molecule has 0 spiro atoms. The zero-order valence-corrected chi connectivity index (χ0v) is 20.0. The lowest BCUT2D eigenvalue weighted by molar-refractivity contribution is -0.305. The van der Waals surface area contributed by atoms with Gasteiger partial charge >= 0.3 is 0 Å². The summed E-state index contributed by atoms with van der Waals surface area (Å²) in [5.74, 6) is -0.735. The molecule has 0 amide bonds. The third-order valence-corrected chi connectivity index (χ3v) is 5.64. The fraction of sp³-hybridized carbons (Fsp3) is 0.720. The first kappa shape index (κ1) is 30.6. The van der Waals surface area contributed by atoms with Gasteiger partial charge in [-0.3, -0.25) is 4.79 Å². The highest BCUT2D eigenvalue weighted by atomic mass is 16.7. The molecule has 6 N–H and O–H groups in total. The van der Waals surface area contributed by atoms with E-state index >= 15 is 0 Å². The van der Waals surface area contributed by atoms with Crippen molar-refractivity contribution in [3.8, 4) is 0 Å². The summed E-state index contributed by atoms with van der Waals surface area (Å²) in [4.78, 5) is 12.0. The highest BCUT2D eigenvalue weighted by Crippen LogP contribution is 2.22. The Morgan fingerprint density at radius 2 is 1.56 bits per heavy atom. The van der Waals surface area contributed by atoms with E-state index in [1.807, 2.05) is 6.08 Å². The molecule has 0 aromatic heterocycles. The normalized spacial score (nSPS) is 27.7. The molecule has 0 aliphatic carbocycles. The van der Waals surface area contributed by atoms with E-state index in [0.29, 0.717) is 0 Å². The second kappa shape index (κ2) is 17.9. The first-order chi connectivity index (χ1) is 16.3. The van der Waals surface area contributed by atoms with Gasteiger partial charge in [0.2, 0.25) is 0 Å². The summed E-state index contributed by atoms with van der Waals surface area (Å²) in [5.41, 5.74) is 0. The highest BCUT2D eigenvalue weighted by Gasteiger charge is 2.44. The SMILES string of the molecule is CCCCCCCCCC=CC=C/C=C\C(=O)C(O)[C@@H](O)CO[C@@H]1O[C@H](CO)[C@H](O)[C@H](O)[C@H]1O. The summed E-state index contributed by atoms with van der Waals surface area (Å²) in [7, 11) is 0. The third kappa shape index (κ3) is 11.3. The van der Waals surface area contributed by atoms with E-state index in [2.05, 4.69) is 13.0 Å². The van der Waals surface area contributed by atoms with E-state index in [4.69, 9.17) is 14.6 Å². The van der Waals surface area contributed by atoms with Crippen molar-refractivity contribution in [1.82, 2.24) is 0 Å². The predicted molar refractivity (Wildman–Crippen MR) is 127 cm³/mol. The van der Waals surface area contributed by atoms with Gasteiger partial charge in [-0.05, 0) is 18.9 Å². The molecule has 196 valence electrons. The minimum absolute atomic E-state index is 0.583. The first-order valence-electron chi connectivity index (χ1n) is 12.1. The summed E-state index contributed by atoms with van der Waals surface area (Å²) in [5, 5.41) is 58.5. The zero-order valence-electron chi connectivity index (χ0n) is 20.0. The quantitative estimate of drug-likeness (QED) is 0.0998. The Kier molecular flexibility index (Phi) is 16.1. The molecule has 0 aromatic rings. The van der Waals surface area contributed by atoms with Crippen LogP contribution in [0.3, 0.4) is 0 Å². The lowest BCUT2D eigenvalue weighted by Crippen LogP contribution is -2.59. The standard InChI is InChI=1S/C25H42O9/c1-2-3-4-5-6-7-8-9-10-11-12-13-14-15-18(27)21(29)19(28)17-33-25-24(32)23(31)22(30)20(16-26)34-25/h10-15,19-26,28-32H,2-9,16-17H2,1H3/b11-10?,13-12?,15-14-/t19-,20+,21?,22-,23-,24+,25+/m0/s1. The smallest absolute Gasteiger partial charge is 0.186 e. The van der Waals surface area contributed by atoms with Crippen LogP contribution in [0.4, 0.5) is 0 Å². The Morgan fingerprint density at radius 3 is 2.24 bits per heavy atom. The molecule has 34 heavy (non-hydrogen) atoms. The predicted octanol–water partition coefficient (Wildman–Crippen LogP) is 0.903. The maximum Gasteiger partial charge on any atom is 0.186 e. The summed E-state index contributed by atoms with van der Waals surface area (Å²) in [6.45, 7) is 1.00. The maximum absolute atomic E-state index is 12.0. The van der Waals surface area contributed by atoms with Gasteiger partial charge < -0.3 is 40.1 Å². The average Bonchev–Trinajstić information content (AvgIpc) is 2.84. The van der Waals surface area contributed by atoms with Crippen LogP contribution >= 0.6 is 0 Å². The molecule has 0 radical (unpaired) electrons. The monoisotopic (exact) mass is 486 g/mol. The van der Waals surface area contributed by atoms with Gasteiger partial charge in [0.1, 0.15) is 36.6 Å². The summed E-state index contributed by atoms with van der Waals surface area (Å²) in [6.07, 6.45) is 9.00. The molecule has 1 heterocycles. The number of rotatable bonds is 17. The van der Waals surface area contributed by atoms with Crippen molar-refractivity contribution in [2.45, 2.75) is 101 Å². The molecule has 0 bridgehead atoms. The van der Waals surface area contributed by atoms with Crippen molar-refractivity contribution >= 4 is 5.78 Å². The summed E-state index contributed by atoms with van der Waals surface area (Å²) in [6, 6.07) is 0. The van der Waals surface area contributed by atoms with Crippen molar-refractivity contribution in [3.05, 3.63) is 36.5 Å². The molecule has 0 aromatic carbocycles. The average molecular weight is 487 g/mol. The van der Waals surface area contributed by atoms with E-state index in [9.17, 15) is 30.3 Å². The molecule has 1 rings (SSSR count). The van der Waals surface area contributed by atoms with Gasteiger partial charge in [-0.25, -0.2) is 0 Å². The van der Waals surface area contributed by atoms with Gasteiger partial charge in [0.05, 0.1) is 13.2 Å². The van der Waals surface area contributed by atoms with Crippen LogP contribution in [0, 0.1) is 0 Å². The molecule has 9 heteroatoms. The molecule has 1 fully saturated rings. The van der Waals surface area contributed by atoms with Crippen LogP contribution in [0.2, 0.25) is 0 Å². The number of carbonyl (C=O) groups is 1. The number of ether oxygens (including phenoxy) is 2. The summed E-state index contributed by atoms with van der Waals surface area (Å²) >= 11 is 0. The minimum Gasteiger partial charge on any atom is -0.394 e. The molecule has 1 aliphatic rings. The van der Waals surface area contributed by atoms with Crippen LogP contribution in [-0.2, 0) is 14.3 Å². The number of carbonyl (C=O) groups excluding carboxylic acids is 1. The number of hydrogen-bond donors (Lipinski definition) is 6. The zero-order chi connectivity index (χ0) is 25.3. The topological polar surface area (TPSA) is 157 Å². The van der Waals surface area contributed by atoms with Crippen LogP contribution in [-0.4, -0.2) is 92.5 Å². The van der Waals surface area contributed by atoms with E-state index in [0.717, 1.165) is 18.9 Å². The van der Waals surface area contributed by atoms with Crippen LogP contribution in [0.15, 0.2) is 36.5 Å². The minimum atomic E-state index is -1.76. The van der Waals surface area contributed by atoms with Crippen LogP contribution in [0.25, 0.3) is 0 Å². The molecule has 1 aliphatic heterocycles. The Labute approximate surface area is 202 Å². The largest absolute Gasteiger partial charge is 0.394 e. The van der Waals surface area contributed by atoms with Crippen LogP contribution in [0.5, 0.6) is 0 Å². The van der Waals surface area contributed by atoms with Crippen molar-refractivity contribution in [2.75, 3.05) is 13.2 Å². The second-order valence-electron chi connectivity index (χ2n) is 8.53. The van der Waals surface area contributed by atoms with Crippen molar-refractivity contribution in [1.29, 1.82) is 0 Å². The molecular weight excluding hydrogens is 444 g/mol. The number of allylic oxidation sites excluding steroid dienone is 5. The fourth-order valence-corrected chi connectivity index (χ4v) is 3.45. The maximum atomic E-state index is 12.0. The molecule has 7 atom stereocenters. The number of aliphatic hydroxyl groups is 6. The number of hydrogen-bond acceptors (Lipinski definition) is 9. The van der Waals surface area contributed by atoms with E-state index in [1.165, 1.54) is 44.6 Å². The Hall–Kier alpha value is -1.43. The van der Waals surface area contributed by atoms with Gasteiger partial charge in [0, 0.05) is 0 Å². The molecule has 1 unspecified atom stereocenters. The molecule has 1 saturated heterocycles. The molecule has 0 saturated carbocycles. The number of unbranched alkanes of at least 4 members (excludes halogenated alkanes) is 7. The van der Waals surface area contributed by atoms with E-state index < -0.39 is 61.9 Å². The number of ketones is 1. The first-order valence-corrected chi connectivity index (χ1v) is 12.1. The van der Waals surface area contributed by atoms with Gasteiger partial charge in [0.25, 0.3) is 0 Å². The van der Waals surface area contributed by atoms with Crippen molar-refractivity contribution in [3.63, 3.8) is 0 Å². The van der Waals surface area contributed by atoms with Gasteiger partial charge in [-0.2, -0.15) is 0 Å². The van der Waals surface area contributed by atoms with Crippen LogP contribution in [0.1, 0.15) is 58.3 Å². The molecule has 9 nitrogen and oxygen atoms in total. The Bertz CT molecular complexity index is 632. The van der Waals surface area contributed by atoms with Crippen LogP contribution < -0.4 is 0 Å². The second-order valence-corrected chi connectivity index (χ2v) is 8.53. The fourth-order valence-electron chi connectivity index (χ4n) is 3.45. The van der Waals surface area contributed by atoms with E-state index in [1.54, 1.807) is 12.2 Å². The Morgan fingerprint density at radius 1 is 0.912 bits per heavy atom. The van der Waals surface area contributed by atoms with Crippen molar-refractivity contribution in [2.24, 2.45) is 0 Å². The van der Waals surface area contributed by atoms with Crippen molar-refractivity contribution < 1.29 is 44.9 Å². The third-order valence-electron chi connectivity index (χ3n) is 5.64. The lowest BCUT2D eigenvalue weighted by atomic mass is 9.99. The summed E-state index contributed by atoms with van der Waals surface area (Å²) < 4.78 is 10.3. The molecular formula is C25H42O9. The van der Waals surface area contributed by atoms with Gasteiger partial charge in [-0.1, -0.05) is 75.8 Å². The lowest BCUT2D eigenvalue weighted by Gasteiger charge is -2.39. The van der Waals surface area contributed by atoms with Gasteiger partial charge in [-0.15, -0.1) is 0 Å². The van der Waals surface area contributed by atoms with Gasteiger partial charge in [0.15, 0.2) is 12.1 Å². The number of aliphatic hydroxyl groups excluding tert-OH is 6.